The highest BCUT2D eigenvalue weighted by atomic mass is 32.2. The van der Waals surface area contributed by atoms with Gasteiger partial charge in [-0.3, -0.25) is 0 Å². The third-order valence-electron chi connectivity index (χ3n) is 2.30. The highest BCUT2D eigenvalue weighted by Gasteiger charge is 2.14. The maximum atomic E-state index is 11.8. The molecule has 0 aliphatic rings. The Morgan fingerprint density at radius 1 is 1.25 bits per heavy atom. The molecule has 3 nitrogen and oxygen atoms in total. The third-order valence-corrected chi connectivity index (χ3v) is 3.78. The zero-order chi connectivity index (χ0) is 12.0. The van der Waals surface area contributed by atoms with Gasteiger partial charge in [0.1, 0.15) is 0 Å². The maximum Gasteiger partial charge on any atom is 0.216 e. The van der Waals surface area contributed by atoms with Gasteiger partial charge in [-0.25, -0.2) is 13.1 Å². The molecular formula is C12H19NO2S. The van der Waals surface area contributed by atoms with Crippen molar-refractivity contribution in [1.29, 1.82) is 0 Å². The largest absolute Gasteiger partial charge is 0.216 e. The Hall–Kier alpha value is -0.870. The second-order valence-corrected chi connectivity index (χ2v) is 5.81. The molecule has 0 saturated carbocycles. The Morgan fingerprint density at radius 3 is 2.44 bits per heavy atom. The van der Waals surface area contributed by atoms with Crippen molar-refractivity contribution in [3.8, 4) is 0 Å². The van der Waals surface area contributed by atoms with Crippen molar-refractivity contribution in [3.05, 3.63) is 35.9 Å². The molecule has 0 spiro atoms. The van der Waals surface area contributed by atoms with Gasteiger partial charge in [-0.1, -0.05) is 43.7 Å². The molecule has 0 heterocycles. The number of nitrogens with one attached hydrogen (secondary N) is 1. The Morgan fingerprint density at radius 2 is 1.88 bits per heavy atom. The number of rotatable bonds is 6. The minimum atomic E-state index is -3.21. The van der Waals surface area contributed by atoms with Crippen LogP contribution in [0.1, 0.15) is 32.3 Å². The minimum absolute atomic E-state index is 0.0127. The third kappa shape index (κ3) is 4.77. The van der Waals surface area contributed by atoms with Gasteiger partial charge in [-0.2, -0.15) is 0 Å². The van der Waals surface area contributed by atoms with Gasteiger partial charge in [0.05, 0.1) is 5.75 Å². The lowest BCUT2D eigenvalue weighted by Gasteiger charge is -2.13. The van der Waals surface area contributed by atoms with E-state index in [9.17, 15) is 8.42 Å². The van der Waals surface area contributed by atoms with Crippen molar-refractivity contribution in [3.63, 3.8) is 0 Å². The van der Waals surface area contributed by atoms with Gasteiger partial charge >= 0.3 is 0 Å². The first kappa shape index (κ1) is 13.2. The highest BCUT2D eigenvalue weighted by molar-refractivity contribution is 7.88. The lowest BCUT2D eigenvalue weighted by molar-refractivity contribution is 0.543. The van der Waals surface area contributed by atoms with Gasteiger partial charge in [0.2, 0.25) is 10.0 Å². The van der Waals surface area contributed by atoms with E-state index in [-0.39, 0.29) is 11.8 Å². The van der Waals surface area contributed by atoms with Crippen LogP contribution in [-0.4, -0.2) is 14.5 Å². The molecule has 4 heteroatoms. The predicted molar refractivity (Wildman–Crippen MR) is 66.6 cm³/mol. The summed E-state index contributed by atoms with van der Waals surface area (Å²) in [7, 11) is -3.21. The Balaban J connectivity index is 2.59. The van der Waals surface area contributed by atoms with E-state index in [0.717, 1.165) is 18.4 Å². The molecule has 0 amide bonds. The van der Waals surface area contributed by atoms with Gasteiger partial charge in [0, 0.05) is 6.04 Å². The molecule has 1 aromatic carbocycles. The molecule has 1 atom stereocenters. The molecule has 0 bridgehead atoms. The molecule has 1 aromatic rings. The van der Waals surface area contributed by atoms with Crippen LogP contribution in [0.15, 0.2) is 30.3 Å². The predicted octanol–water partition coefficient (Wildman–Crippen LogP) is 2.29. The molecule has 0 fully saturated rings. The van der Waals surface area contributed by atoms with Crippen LogP contribution < -0.4 is 4.72 Å². The first-order chi connectivity index (χ1) is 7.53. The second-order valence-electron chi connectivity index (χ2n) is 4.05. The number of hydrogen-bond acceptors (Lipinski definition) is 2. The van der Waals surface area contributed by atoms with E-state index in [1.165, 1.54) is 0 Å². The molecule has 90 valence electrons. The summed E-state index contributed by atoms with van der Waals surface area (Å²) in [4.78, 5) is 0. The van der Waals surface area contributed by atoms with Crippen LogP contribution in [0.5, 0.6) is 0 Å². The van der Waals surface area contributed by atoms with Crippen molar-refractivity contribution in [2.75, 3.05) is 0 Å². The molecule has 0 aliphatic carbocycles. The van der Waals surface area contributed by atoms with Gasteiger partial charge in [0.15, 0.2) is 0 Å². The first-order valence-corrected chi connectivity index (χ1v) is 7.22. The molecular weight excluding hydrogens is 222 g/mol. The summed E-state index contributed by atoms with van der Waals surface area (Å²) in [6.45, 7) is 3.94. The fourth-order valence-corrected chi connectivity index (χ4v) is 3.08. The first-order valence-electron chi connectivity index (χ1n) is 5.57. The van der Waals surface area contributed by atoms with E-state index < -0.39 is 10.0 Å². The van der Waals surface area contributed by atoms with E-state index in [1.807, 2.05) is 44.2 Å². The van der Waals surface area contributed by atoms with Crippen LogP contribution in [0.4, 0.5) is 0 Å². The summed E-state index contributed by atoms with van der Waals surface area (Å²) in [6, 6.07) is 9.23. The van der Waals surface area contributed by atoms with Crippen LogP contribution in [0, 0.1) is 0 Å². The minimum Gasteiger partial charge on any atom is -0.212 e. The molecule has 1 unspecified atom stereocenters. The van der Waals surface area contributed by atoms with Crippen LogP contribution >= 0.6 is 0 Å². The lowest BCUT2D eigenvalue weighted by atomic mass is 10.2. The van der Waals surface area contributed by atoms with E-state index in [0.29, 0.717) is 0 Å². The van der Waals surface area contributed by atoms with E-state index >= 15 is 0 Å². The highest BCUT2D eigenvalue weighted by Crippen LogP contribution is 2.06. The fourth-order valence-electron chi connectivity index (χ4n) is 1.63. The molecule has 0 aromatic heterocycles. The van der Waals surface area contributed by atoms with Crippen LogP contribution in [0.25, 0.3) is 0 Å². The lowest BCUT2D eigenvalue weighted by Crippen LogP contribution is -2.33. The molecule has 1 N–H and O–H groups in total. The quantitative estimate of drug-likeness (QED) is 0.830. The molecule has 0 aliphatic heterocycles. The van der Waals surface area contributed by atoms with Crippen molar-refractivity contribution in [2.45, 2.75) is 38.5 Å². The summed E-state index contributed by atoms with van der Waals surface area (Å²) in [5, 5.41) is 0. The smallest absolute Gasteiger partial charge is 0.212 e. The summed E-state index contributed by atoms with van der Waals surface area (Å²) >= 11 is 0. The van der Waals surface area contributed by atoms with Crippen molar-refractivity contribution < 1.29 is 8.42 Å². The molecule has 16 heavy (non-hydrogen) atoms. The fraction of sp³-hybridized carbons (Fsp3) is 0.500. The second kappa shape index (κ2) is 6.01. The van der Waals surface area contributed by atoms with Crippen molar-refractivity contribution in [1.82, 2.24) is 4.72 Å². The Bertz CT molecular complexity index is 400. The van der Waals surface area contributed by atoms with Gasteiger partial charge in [-0.05, 0) is 18.9 Å². The van der Waals surface area contributed by atoms with E-state index in [2.05, 4.69) is 4.72 Å². The van der Waals surface area contributed by atoms with E-state index in [1.54, 1.807) is 0 Å². The summed E-state index contributed by atoms with van der Waals surface area (Å²) in [5.74, 6) is 0.0574. The number of hydrogen-bond donors (Lipinski definition) is 1. The van der Waals surface area contributed by atoms with Crippen LogP contribution in [-0.2, 0) is 15.8 Å². The number of benzene rings is 1. The average molecular weight is 241 g/mol. The Kier molecular flexibility index (Phi) is 4.96. The van der Waals surface area contributed by atoms with Gasteiger partial charge < -0.3 is 0 Å². The summed E-state index contributed by atoms with van der Waals surface area (Å²) in [6.07, 6.45) is 1.85. The normalized spacial score (nSPS) is 13.6. The Labute approximate surface area is 97.9 Å². The zero-order valence-electron chi connectivity index (χ0n) is 9.81. The topological polar surface area (TPSA) is 46.2 Å². The van der Waals surface area contributed by atoms with E-state index in [4.69, 9.17) is 0 Å². The maximum absolute atomic E-state index is 11.8. The van der Waals surface area contributed by atoms with Crippen molar-refractivity contribution in [2.24, 2.45) is 0 Å². The molecule has 0 radical (unpaired) electrons. The SMILES string of the molecule is CCCC(C)NS(=O)(=O)Cc1ccccc1. The van der Waals surface area contributed by atoms with Gasteiger partial charge in [-0.15, -0.1) is 0 Å². The van der Waals surface area contributed by atoms with Crippen LogP contribution in [0.2, 0.25) is 0 Å². The van der Waals surface area contributed by atoms with Crippen LogP contribution in [0.3, 0.4) is 0 Å². The molecule has 0 saturated heterocycles. The zero-order valence-corrected chi connectivity index (χ0v) is 10.6. The van der Waals surface area contributed by atoms with Crippen molar-refractivity contribution >= 4 is 10.0 Å². The summed E-state index contributed by atoms with van der Waals surface area (Å²) in [5.41, 5.74) is 0.818. The summed E-state index contributed by atoms with van der Waals surface area (Å²) < 4.78 is 26.2. The van der Waals surface area contributed by atoms with Gasteiger partial charge in [0.25, 0.3) is 0 Å². The monoisotopic (exact) mass is 241 g/mol. The number of sulfonamides is 1. The standard InChI is InChI=1S/C12H19NO2S/c1-3-7-11(2)13-16(14,15)10-12-8-5-4-6-9-12/h4-6,8-9,11,13H,3,7,10H2,1-2H3. The molecule has 1 rings (SSSR count). The average Bonchev–Trinajstić information content (AvgIpc) is 2.17.